The molecule has 0 saturated heterocycles. The minimum absolute atomic E-state index is 0.0658. The summed E-state index contributed by atoms with van der Waals surface area (Å²) in [6, 6.07) is 14.1. The van der Waals surface area contributed by atoms with Crippen molar-refractivity contribution in [2.75, 3.05) is 13.2 Å². The van der Waals surface area contributed by atoms with Gasteiger partial charge in [0.2, 0.25) is 5.88 Å². The number of para-hydroxylation sites is 1. The van der Waals surface area contributed by atoms with Crippen LogP contribution in [0.25, 0.3) is 11.0 Å². The first-order valence-electron chi connectivity index (χ1n) is 9.68. The molecule has 7 nitrogen and oxygen atoms in total. The summed E-state index contributed by atoms with van der Waals surface area (Å²) in [6.45, 7) is 4.27. The second kappa shape index (κ2) is 7.94. The summed E-state index contributed by atoms with van der Waals surface area (Å²) in [5.41, 5.74) is 6.88. The quantitative estimate of drug-likeness (QED) is 0.511. The maximum atomic E-state index is 13.0. The first kappa shape index (κ1) is 19.6. The Kier molecular flexibility index (Phi) is 5.18. The predicted octanol–water partition coefficient (Wildman–Crippen LogP) is 3.45. The zero-order valence-electron chi connectivity index (χ0n) is 16.6. The standard InChI is InChI=1S/C23H21NO6/c1-3-27-14-11-9-13(10-12-14)17-18-20(30-21(24)19(17)22(25)28-4-2)15-7-5-6-8-16(15)29-23(18)26/h5-12,17H,3-4,24H2,1-2H3. The molecule has 1 aliphatic heterocycles. The van der Waals surface area contributed by atoms with Crippen LogP contribution in [-0.2, 0) is 9.53 Å². The molecule has 3 aromatic rings. The molecule has 0 bridgehead atoms. The molecule has 2 N–H and O–H groups in total. The Morgan fingerprint density at radius 2 is 1.80 bits per heavy atom. The van der Waals surface area contributed by atoms with Crippen LogP contribution in [0.4, 0.5) is 0 Å². The van der Waals surface area contributed by atoms with Crippen molar-refractivity contribution in [3.8, 4) is 11.5 Å². The van der Waals surface area contributed by atoms with Gasteiger partial charge in [-0.25, -0.2) is 9.59 Å². The maximum absolute atomic E-state index is 13.0. The molecule has 0 saturated carbocycles. The highest BCUT2D eigenvalue weighted by atomic mass is 16.5. The van der Waals surface area contributed by atoms with Gasteiger partial charge in [-0.3, -0.25) is 0 Å². The summed E-state index contributed by atoms with van der Waals surface area (Å²) >= 11 is 0. The number of benzene rings is 2. The van der Waals surface area contributed by atoms with Gasteiger partial charge in [-0.2, -0.15) is 0 Å². The fourth-order valence-electron chi connectivity index (χ4n) is 3.63. The lowest BCUT2D eigenvalue weighted by molar-refractivity contribution is -0.139. The first-order valence-corrected chi connectivity index (χ1v) is 9.68. The van der Waals surface area contributed by atoms with Gasteiger partial charge in [-0.1, -0.05) is 24.3 Å². The van der Waals surface area contributed by atoms with E-state index in [0.717, 1.165) is 0 Å². The van der Waals surface area contributed by atoms with Crippen LogP contribution in [0.3, 0.4) is 0 Å². The first-order chi connectivity index (χ1) is 14.5. The van der Waals surface area contributed by atoms with Crippen LogP contribution in [0.1, 0.15) is 30.9 Å². The molecule has 7 heteroatoms. The molecule has 0 amide bonds. The number of ether oxygens (including phenoxy) is 3. The number of hydrogen-bond acceptors (Lipinski definition) is 7. The average Bonchev–Trinajstić information content (AvgIpc) is 2.74. The number of esters is 1. The van der Waals surface area contributed by atoms with Crippen molar-refractivity contribution in [1.82, 2.24) is 0 Å². The third kappa shape index (κ3) is 3.28. The normalized spacial score (nSPS) is 15.5. The molecular formula is C23H21NO6. The summed E-state index contributed by atoms with van der Waals surface area (Å²) in [4.78, 5) is 25.7. The largest absolute Gasteiger partial charge is 0.494 e. The van der Waals surface area contributed by atoms with Gasteiger partial charge in [0, 0.05) is 0 Å². The van der Waals surface area contributed by atoms with Gasteiger partial charge in [-0.15, -0.1) is 0 Å². The van der Waals surface area contributed by atoms with E-state index in [1.165, 1.54) is 0 Å². The Bertz CT molecular complexity index is 1190. The predicted molar refractivity (Wildman–Crippen MR) is 110 cm³/mol. The van der Waals surface area contributed by atoms with Gasteiger partial charge >= 0.3 is 11.6 Å². The number of carbonyl (C=O) groups is 1. The lowest BCUT2D eigenvalue weighted by Crippen LogP contribution is -2.31. The molecule has 30 heavy (non-hydrogen) atoms. The number of carbonyl (C=O) groups excluding carboxylic acids is 1. The van der Waals surface area contributed by atoms with Crippen molar-refractivity contribution in [3.05, 3.63) is 81.5 Å². The molecule has 2 heterocycles. The SMILES string of the molecule is CCOC(=O)C1=C(N)Oc2c(c(=O)oc3ccccc23)C1c1ccc(OCC)cc1. The van der Waals surface area contributed by atoms with Crippen LogP contribution in [0.5, 0.6) is 11.5 Å². The van der Waals surface area contributed by atoms with Gasteiger partial charge in [-0.05, 0) is 43.7 Å². The van der Waals surface area contributed by atoms with Gasteiger partial charge in [0.25, 0.3) is 0 Å². The highest BCUT2D eigenvalue weighted by Gasteiger charge is 2.39. The van der Waals surface area contributed by atoms with Crippen LogP contribution in [0, 0.1) is 0 Å². The molecule has 154 valence electrons. The molecular weight excluding hydrogens is 386 g/mol. The molecule has 1 aromatic heterocycles. The van der Waals surface area contributed by atoms with E-state index in [-0.39, 0.29) is 29.4 Å². The van der Waals surface area contributed by atoms with Crippen LogP contribution < -0.4 is 20.8 Å². The van der Waals surface area contributed by atoms with E-state index < -0.39 is 17.5 Å². The monoisotopic (exact) mass is 407 g/mol. The Labute approximate surface area is 172 Å². The van der Waals surface area contributed by atoms with Gasteiger partial charge in [0.15, 0.2) is 5.75 Å². The lowest BCUT2D eigenvalue weighted by Gasteiger charge is -2.28. The van der Waals surface area contributed by atoms with Crippen molar-refractivity contribution in [3.63, 3.8) is 0 Å². The van der Waals surface area contributed by atoms with Crippen LogP contribution in [0.15, 0.2) is 69.2 Å². The van der Waals surface area contributed by atoms with Crippen LogP contribution in [-0.4, -0.2) is 19.2 Å². The lowest BCUT2D eigenvalue weighted by atomic mass is 9.83. The summed E-state index contributed by atoms with van der Waals surface area (Å²) in [5, 5.41) is 0.592. The summed E-state index contributed by atoms with van der Waals surface area (Å²) < 4.78 is 22.0. The Morgan fingerprint density at radius 3 is 2.50 bits per heavy atom. The summed E-state index contributed by atoms with van der Waals surface area (Å²) in [6.07, 6.45) is 0. The molecule has 4 rings (SSSR count). The third-order valence-corrected chi connectivity index (χ3v) is 4.87. The Hall–Kier alpha value is -3.74. The Balaban J connectivity index is 1.97. The van der Waals surface area contributed by atoms with Crippen molar-refractivity contribution < 1.29 is 23.4 Å². The van der Waals surface area contributed by atoms with Crippen molar-refractivity contribution in [2.24, 2.45) is 5.73 Å². The number of hydrogen-bond donors (Lipinski definition) is 1. The topological polar surface area (TPSA) is 101 Å². The molecule has 0 spiro atoms. The highest BCUT2D eigenvalue weighted by Crippen LogP contribution is 2.44. The second-order valence-corrected chi connectivity index (χ2v) is 6.66. The van der Waals surface area contributed by atoms with E-state index in [1.807, 2.05) is 6.92 Å². The molecule has 0 fully saturated rings. The van der Waals surface area contributed by atoms with E-state index >= 15 is 0 Å². The fraction of sp³-hybridized carbons (Fsp3) is 0.217. The zero-order valence-corrected chi connectivity index (χ0v) is 16.6. The minimum atomic E-state index is -0.802. The van der Waals surface area contributed by atoms with E-state index in [2.05, 4.69) is 0 Å². The fourth-order valence-corrected chi connectivity index (χ4v) is 3.63. The number of fused-ring (bicyclic) bond motifs is 3. The van der Waals surface area contributed by atoms with Crippen LogP contribution >= 0.6 is 0 Å². The molecule has 1 atom stereocenters. The summed E-state index contributed by atoms with van der Waals surface area (Å²) in [5.74, 6) is -0.591. The molecule has 0 radical (unpaired) electrons. The highest BCUT2D eigenvalue weighted by molar-refractivity contribution is 5.94. The Morgan fingerprint density at radius 1 is 1.07 bits per heavy atom. The third-order valence-electron chi connectivity index (χ3n) is 4.87. The molecule has 1 aliphatic rings. The minimum Gasteiger partial charge on any atom is -0.494 e. The maximum Gasteiger partial charge on any atom is 0.344 e. The molecule has 1 unspecified atom stereocenters. The summed E-state index contributed by atoms with van der Waals surface area (Å²) in [7, 11) is 0. The van der Waals surface area contributed by atoms with Crippen molar-refractivity contribution >= 4 is 16.9 Å². The number of rotatable bonds is 5. The van der Waals surface area contributed by atoms with E-state index in [9.17, 15) is 9.59 Å². The van der Waals surface area contributed by atoms with Gasteiger partial charge in [0.05, 0.1) is 30.1 Å². The second-order valence-electron chi connectivity index (χ2n) is 6.66. The average molecular weight is 407 g/mol. The van der Waals surface area contributed by atoms with Gasteiger partial charge in [0.1, 0.15) is 16.9 Å². The molecule has 2 aromatic carbocycles. The van der Waals surface area contributed by atoms with Crippen LogP contribution in [0.2, 0.25) is 0 Å². The van der Waals surface area contributed by atoms with Crippen molar-refractivity contribution in [2.45, 2.75) is 19.8 Å². The van der Waals surface area contributed by atoms with Gasteiger partial charge < -0.3 is 24.4 Å². The van der Waals surface area contributed by atoms with E-state index in [1.54, 1.807) is 55.5 Å². The smallest absolute Gasteiger partial charge is 0.344 e. The number of nitrogens with two attached hydrogens (primary N) is 1. The van der Waals surface area contributed by atoms with E-state index in [0.29, 0.717) is 28.9 Å². The molecule has 0 aliphatic carbocycles. The van der Waals surface area contributed by atoms with E-state index in [4.69, 9.17) is 24.4 Å². The zero-order chi connectivity index (χ0) is 21.3. The van der Waals surface area contributed by atoms with Crippen molar-refractivity contribution in [1.29, 1.82) is 0 Å².